The van der Waals surface area contributed by atoms with E-state index in [1.807, 2.05) is 0 Å². The smallest absolute Gasteiger partial charge is 0.264 e. The molecule has 0 radical (unpaired) electrons. The summed E-state index contributed by atoms with van der Waals surface area (Å²) in [5.41, 5.74) is 0.624. The Hall–Kier alpha value is -3.77. The molecule has 0 saturated carbocycles. The van der Waals surface area contributed by atoms with Crippen LogP contribution in [0.3, 0.4) is 0 Å². The second kappa shape index (κ2) is 12.2. The van der Waals surface area contributed by atoms with Gasteiger partial charge in [0.05, 0.1) is 27.6 Å². The van der Waals surface area contributed by atoms with Crippen LogP contribution in [0.2, 0.25) is 10.0 Å². The van der Waals surface area contributed by atoms with E-state index >= 15 is 0 Å². The number of hydrogen-bond donors (Lipinski definition) is 2. The van der Waals surface area contributed by atoms with E-state index in [4.69, 9.17) is 27.9 Å². The number of carbonyl (C=O) groups excluding carboxylic acids is 1. The minimum absolute atomic E-state index is 0.0271. The zero-order valence-electron chi connectivity index (χ0n) is 20.9. The molecule has 0 fully saturated rings. The lowest BCUT2D eigenvalue weighted by Crippen LogP contribution is -2.38. The molecule has 1 amide bonds. The summed E-state index contributed by atoms with van der Waals surface area (Å²) in [4.78, 5) is 12.9. The zero-order valence-corrected chi connectivity index (χ0v) is 24.1. The van der Waals surface area contributed by atoms with E-state index < -0.39 is 32.5 Å². The third-order valence-electron chi connectivity index (χ3n) is 5.59. The van der Waals surface area contributed by atoms with Crippen LogP contribution in [0, 0.1) is 0 Å². The van der Waals surface area contributed by atoms with Crippen molar-refractivity contribution in [2.24, 2.45) is 0 Å². The highest BCUT2D eigenvalue weighted by molar-refractivity contribution is 7.93. The summed E-state index contributed by atoms with van der Waals surface area (Å²) in [7, 11) is -6.61. The molecule has 13 heteroatoms. The van der Waals surface area contributed by atoms with Crippen LogP contribution in [0.4, 0.5) is 17.1 Å². The second-order valence-electron chi connectivity index (χ2n) is 8.33. The Kier molecular flexibility index (Phi) is 8.89. The number of nitrogens with zero attached hydrogens (tertiary/aromatic N) is 1. The van der Waals surface area contributed by atoms with Gasteiger partial charge in [0.2, 0.25) is 5.91 Å². The number of amides is 1. The summed E-state index contributed by atoms with van der Waals surface area (Å²) >= 11 is 12.4. The summed E-state index contributed by atoms with van der Waals surface area (Å²) in [6.07, 6.45) is 0. The quantitative estimate of drug-likeness (QED) is 0.237. The van der Waals surface area contributed by atoms with Gasteiger partial charge in [-0.2, -0.15) is 0 Å². The summed E-state index contributed by atoms with van der Waals surface area (Å²) in [5.74, 6) is -0.113. The number of benzene rings is 4. The minimum atomic E-state index is -4.21. The molecule has 0 bridgehead atoms. The van der Waals surface area contributed by atoms with Gasteiger partial charge in [-0.15, -0.1) is 0 Å². The molecular weight excluding hydrogens is 597 g/mol. The van der Waals surface area contributed by atoms with Crippen molar-refractivity contribution in [2.45, 2.75) is 9.79 Å². The maximum absolute atomic E-state index is 13.5. The first-order valence-electron chi connectivity index (χ1n) is 11.6. The predicted octanol–water partition coefficient (Wildman–Crippen LogP) is 5.64. The van der Waals surface area contributed by atoms with Crippen LogP contribution in [-0.4, -0.2) is 36.4 Å². The highest BCUT2D eigenvalue weighted by Gasteiger charge is 2.29. The van der Waals surface area contributed by atoms with Gasteiger partial charge >= 0.3 is 0 Å². The average Bonchev–Trinajstić information content (AvgIpc) is 2.94. The number of ether oxygens (including phenoxy) is 1. The van der Waals surface area contributed by atoms with Crippen molar-refractivity contribution < 1.29 is 26.4 Å². The Balaban J connectivity index is 1.53. The van der Waals surface area contributed by atoms with Gasteiger partial charge in [-0.3, -0.25) is 13.8 Å². The van der Waals surface area contributed by atoms with Crippen LogP contribution in [0.1, 0.15) is 0 Å². The van der Waals surface area contributed by atoms with Gasteiger partial charge in [0.1, 0.15) is 12.3 Å². The van der Waals surface area contributed by atoms with E-state index in [9.17, 15) is 21.6 Å². The van der Waals surface area contributed by atoms with E-state index in [2.05, 4.69) is 10.0 Å². The Labute approximate surface area is 242 Å². The molecule has 4 aromatic carbocycles. The van der Waals surface area contributed by atoms with Gasteiger partial charge in [0, 0.05) is 16.4 Å². The maximum atomic E-state index is 13.5. The van der Waals surface area contributed by atoms with Crippen LogP contribution in [0.15, 0.2) is 107 Å². The molecule has 208 valence electrons. The molecule has 0 aliphatic rings. The number of rotatable bonds is 10. The zero-order chi connectivity index (χ0) is 28.9. The van der Waals surface area contributed by atoms with Gasteiger partial charge in [-0.05, 0) is 78.9 Å². The number of hydrogen-bond acceptors (Lipinski definition) is 6. The number of sulfonamides is 2. The molecule has 0 heterocycles. The predicted molar refractivity (Wildman–Crippen MR) is 156 cm³/mol. The molecule has 4 aromatic rings. The number of methoxy groups -OCH3 is 1. The fourth-order valence-corrected chi connectivity index (χ4v) is 6.57. The summed E-state index contributed by atoms with van der Waals surface area (Å²) in [6, 6.07) is 23.6. The summed E-state index contributed by atoms with van der Waals surface area (Å²) < 4.78 is 60.9. The SMILES string of the molecule is COc1ccc(NS(=O)(=O)c2ccc(NC(=O)CN(c3cc(Cl)ccc3Cl)S(=O)(=O)c3ccccc3)cc2)cc1. The van der Waals surface area contributed by atoms with Crippen LogP contribution in [0.25, 0.3) is 0 Å². The number of halogens is 2. The first kappa shape index (κ1) is 29.2. The number of carbonyl (C=O) groups is 1. The molecule has 0 spiro atoms. The van der Waals surface area contributed by atoms with Gasteiger partial charge < -0.3 is 10.1 Å². The highest BCUT2D eigenvalue weighted by Crippen LogP contribution is 2.33. The molecule has 0 atom stereocenters. The van der Waals surface area contributed by atoms with Crippen LogP contribution in [-0.2, 0) is 24.8 Å². The van der Waals surface area contributed by atoms with Gasteiger partial charge in [0.15, 0.2) is 0 Å². The Morgan fingerprint density at radius 2 is 1.43 bits per heavy atom. The van der Waals surface area contributed by atoms with Crippen molar-refractivity contribution in [3.05, 3.63) is 107 Å². The van der Waals surface area contributed by atoms with Gasteiger partial charge in [0.25, 0.3) is 20.0 Å². The van der Waals surface area contributed by atoms with E-state index in [1.54, 1.807) is 42.5 Å². The largest absolute Gasteiger partial charge is 0.497 e. The Morgan fingerprint density at radius 1 is 0.800 bits per heavy atom. The lowest BCUT2D eigenvalue weighted by molar-refractivity contribution is -0.114. The lowest BCUT2D eigenvalue weighted by atomic mass is 10.3. The Morgan fingerprint density at radius 3 is 2.05 bits per heavy atom. The normalized spacial score (nSPS) is 11.5. The monoisotopic (exact) mass is 619 g/mol. The van der Waals surface area contributed by atoms with Crippen molar-refractivity contribution >= 4 is 66.2 Å². The molecule has 0 aromatic heterocycles. The topological polar surface area (TPSA) is 122 Å². The van der Waals surface area contributed by atoms with E-state index in [-0.39, 0.29) is 31.2 Å². The standard InChI is InChI=1S/C27H23Cl2N3O6S2/c1-38-22-12-8-21(9-13-22)31-39(34,35)23-14-10-20(11-15-23)30-27(33)18-32(26-17-19(28)7-16-25(26)29)40(36,37)24-5-3-2-4-6-24/h2-17,31H,18H2,1H3,(H,30,33). The second-order valence-corrected chi connectivity index (χ2v) is 12.7. The maximum Gasteiger partial charge on any atom is 0.264 e. The first-order valence-corrected chi connectivity index (χ1v) is 15.3. The molecule has 0 saturated heterocycles. The number of nitrogens with one attached hydrogen (secondary N) is 2. The van der Waals surface area contributed by atoms with E-state index in [0.717, 1.165) is 4.31 Å². The van der Waals surface area contributed by atoms with E-state index in [0.29, 0.717) is 11.4 Å². The van der Waals surface area contributed by atoms with Crippen LogP contribution in [0.5, 0.6) is 5.75 Å². The third kappa shape index (κ3) is 6.86. The van der Waals surface area contributed by atoms with Crippen molar-refractivity contribution in [2.75, 3.05) is 28.0 Å². The molecular formula is C27H23Cl2N3O6S2. The summed E-state index contributed by atoms with van der Waals surface area (Å²) in [6.45, 7) is -0.629. The third-order valence-corrected chi connectivity index (χ3v) is 9.31. The van der Waals surface area contributed by atoms with Crippen molar-refractivity contribution in [1.82, 2.24) is 0 Å². The molecule has 40 heavy (non-hydrogen) atoms. The highest BCUT2D eigenvalue weighted by atomic mass is 35.5. The summed E-state index contributed by atoms with van der Waals surface area (Å²) in [5, 5.41) is 2.90. The van der Waals surface area contributed by atoms with Crippen LogP contribution < -0.4 is 19.1 Å². The lowest BCUT2D eigenvalue weighted by Gasteiger charge is -2.25. The van der Waals surface area contributed by atoms with Gasteiger partial charge in [-0.1, -0.05) is 41.4 Å². The molecule has 2 N–H and O–H groups in total. The molecule has 9 nitrogen and oxygen atoms in total. The molecule has 4 rings (SSSR count). The average molecular weight is 621 g/mol. The Bertz CT molecular complexity index is 1720. The van der Waals surface area contributed by atoms with Gasteiger partial charge in [-0.25, -0.2) is 16.8 Å². The van der Waals surface area contributed by atoms with Crippen molar-refractivity contribution in [3.8, 4) is 5.75 Å². The van der Waals surface area contributed by atoms with Crippen molar-refractivity contribution in [1.29, 1.82) is 0 Å². The number of anilines is 3. The molecule has 0 aliphatic carbocycles. The first-order chi connectivity index (χ1) is 19.0. The molecule has 0 aliphatic heterocycles. The van der Waals surface area contributed by atoms with E-state index in [1.165, 1.54) is 61.7 Å². The fraction of sp³-hybridized carbons (Fsp3) is 0.0741. The van der Waals surface area contributed by atoms with Crippen molar-refractivity contribution in [3.63, 3.8) is 0 Å². The fourth-order valence-electron chi connectivity index (χ4n) is 3.62. The molecule has 0 unspecified atom stereocenters. The minimum Gasteiger partial charge on any atom is -0.497 e. The van der Waals surface area contributed by atoms with Crippen LogP contribution >= 0.6 is 23.2 Å².